The Morgan fingerprint density at radius 3 is 1.86 bits per heavy atom. The molecule has 0 radical (unpaired) electrons. The smallest absolute Gasteiger partial charge is 0.331 e. The Morgan fingerprint density at radius 2 is 1.50 bits per heavy atom. The first-order chi connectivity index (χ1) is 16.4. The maximum Gasteiger partial charge on any atom is 0.331 e. The maximum absolute atomic E-state index is 12.1. The zero-order valence-electron chi connectivity index (χ0n) is 23.7. The van der Waals surface area contributed by atoms with Crippen molar-refractivity contribution >= 4 is 55.6 Å². The van der Waals surface area contributed by atoms with Crippen molar-refractivity contribution in [1.29, 1.82) is 0 Å². The minimum absolute atomic E-state index is 0.173. The second-order valence-electron chi connectivity index (χ2n) is 10.2. The van der Waals surface area contributed by atoms with E-state index in [2.05, 4.69) is 44.1 Å². The summed E-state index contributed by atoms with van der Waals surface area (Å²) in [6, 6.07) is -0.714. The van der Waals surface area contributed by atoms with Crippen molar-refractivity contribution in [3.63, 3.8) is 0 Å². The largest absolute Gasteiger partial charge is 0.459 e. The number of halogens is 2. The van der Waals surface area contributed by atoms with E-state index in [1.807, 2.05) is 27.8 Å². The third-order valence-electron chi connectivity index (χ3n) is 4.38. The number of ether oxygens (including phenoxy) is 2. The molecule has 0 saturated carbocycles. The Labute approximate surface area is 234 Å². The molecule has 0 spiro atoms. The average molecular weight is 645 g/mol. The SMILES string of the molecule is CC(=O)N1CCCC(C(=O)OC(C)(C)C)N1C(C)=O.CC(C)(C)OC(=O)C(Br)CCCBr.CCNC. The molecule has 0 aromatic rings. The van der Waals surface area contributed by atoms with Crippen molar-refractivity contribution in [2.45, 2.75) is 110 Å². The zero-order valence-corrected chi connectivity index (χ0v) is 26.9. The second kappa shape index (κ2) is 18.1. The number of hydrogen-bond acceptors (Lipinski definition) is 7. The van der Waals surface area contributed by atoms with E-state index >= 15 is 0 Å². The van der Waals surface area contributed by atoms with E-state index in [0.717, 1.165) is 24.7 Å². The normalized spacial score (nSPS) is 16.5. The summed E-state index contributed by atoms with van der Waals surface area (Å²) in [5.41, 5.74) is -1.00. The summed E-state index contributed by atoms with van der Waals surface area (Å²) in [5.74, 6) is -1.21. The molecule has 11 heteroatoms. The lowest BCUT2D eigenvalue weighted by Crippen LogP contribution is -2.59. The van der Waals surface area contributed by atoms with E-state index < -0.39 is 23.2 Å². The number of rotatable bonds is 6. The number of esters is 2. The van der Waals surface area contributed by atoms with E-state index in [9.17, 15) is 19.2 Å². The molecule has 1 saturated heterocycles. The molecule has 0 aliphatic carbocycles. The standard InChI is InChI=1S/C13H22N2O4.C9H16Br2O2.C3H9N/c1-9(16)14-8-6-7-11(15(14)10(2)17)12(18)19-13(3,4)5;1-9(2,3)13-8(12)7(11)5-4-6-10;1-3-4-2/h11H,6-8H2,1-5H3;7H,4-6H2,1-3H3;4H,3H2,1-2H3. The van der Waals surface area contributed by atoms with E-state index in [4.69, 9.17) is 9.47 Å². The topological polar surface area (TPSA) is 105 Å². The van der Waals surface area contributed by atoms with E-state index in [1.54, 1.807) is 20.8 Å². The summed E-state index contributed by atoms with van der Waals surface area (Å²) in [4.78, 5) is 46.6. The maximum atomic E-state index is 12.1. The second-order valence-corrected chi connectivity index (χ2v) is 12.1. The first kappa shape index (κ1) is 37.0. The first-order valence-electron chi connectivity index (χ1n) is 12.3. The molecule has 1 N–H and O–H groups in total. The quantitative estimate of drug-likeness (QED) is 0.333. The number of alkyl halides is 2. The summed E-state index contributed by atoms with van der Waals surface area (Å²) in [5, 5.41) is 6.39. The number of hydrogen-bond donors (Lipinski definition) is 1. The van der Waals surface area contributed by atoms with Crippen LogP contribution in [0.2, 0.25) is 0 Å². The van der Waals surface area contributed by atoms with Crippen molar-refractivity contribution < 1.29 is 28.7 Å². The molecule has 1 aliphatic rings. The fourth-order valence-corrected chi connectivity index (χ4v) is 3.60. The summed E-state index contributed by atoms with van der Waals surface area (Å²) in [6.45, 7) is 17.2. The van der Waals surface area contributed by atoms with Gasteiger partial charge in [0.15, 0.2) is 6.04 Å². The Kier molecular flexibility index (Phi) is 18.6. The van der Waals surface area contributed by atoms with Gasteiger partial charge < -0.3 is 14.8 Å². The molecule has 1 heterocycles. The van der Waals surface area contributed by atoms with Crippen LogP contribution in [0.3, 0.4) is 0 Å². The summed E-state index contributed by atoms with van der Waals surface area (Å²) < 4.78 is 10.5. The number of carbonyl (C=O) groups is 4. The van der Waals surface area contributed by atoms with Gasteiger partial charge in [-0.15, -0.1) is 0 Å². The molecule has 1 aliphatic heterocycles. The molecule has 2 unspecified atom stereocenters. The van der Waals surface area contributed by atoms with E-state index in [-0.39, 0.29) is 22.6 Å². The third kappa shape index (κ3) is 17.3. The predicted molar refractivity (Wildman–Crippen MR) is 150 cm³/mol. The van der Waals surface area contributed by atoms with Gasteiger partial charge in [0.25, 0.3) is 0 Å². The highest BCUT2D eigenvalue weighted by Gasteiger charge is 2.39. The molecule has 36 heavy (non-hydrogen) atoms. The van der Waals surface area contributed by atoms with Gasteiger partial charge in [-0.1, -0.05) is 38.8 Å². The van der Waals surface area contributed by atoms with Crippen molar-refractivity contribution in [2.75, 3.05) is 25.5 Å². The lowest BCUT2D eigenvalue weighted by atomic mass is 10.1. The van der Waals surface area contributed by atoms with Crippen LogP contribution >= 0.6 is 31.9 Å². The average Bonchev–Trinajstić information content (AvgIpc) is 2.74. The fraction of sp³-hybridized carbons (Fsp3) is 0.840. The molecule has 9 nitrogen and oxygen atoms in total. The summed E-state index contributed by atoms with van der Waals surface area (Å²) in [6.07, 6.45) is 2.96. The van der Waals surface area contributed by atoms with Crippen molar-refractivity contribution in [3.05, 3.63) is 0 Å². The van der Waals surface area contributed by atoms with Gasteiger partial charge in [0, 0.05) is 25.7 Å². The van der Waals surface area contributed by atoms with Gasteiger partial charge in [-0.3, -0.25) is 19.4 Å². The Morgan fingerprint density at radius 1 is 1.00 bits per heavy atom. The predicted octanol–water partition coefficient (Wildman–Crippen LogP) is 4.59. The third-order valence-corrected chi connectivity index (χ3v) is 5.77. The van der Waals surface area contributed by atoms with Gasteiger partial charge in [-0.2, -0.15) is 0 Å². The minimum Gasteiger partial charge on any atom is -0.459 e. The van der Waals surface area contributed by atoms with E-state index in [0.29, 0.717) is 19.4 Å². The van der Waals surface area contributed by atoms with Crippen molar-refractivity contribution in [3.8, 4) is 0 Å². The fourth-order valence-electron chi connectivity index (χ4n) is 2.86. The van der Waals surface area contributed by atoms with Gasteiger partial charge in [-0.05, 0) is 80.8 Å². The monoisotopic (exact) mass is 643 g/mol. The van der Waals surface area contributed by atoms with Gasteiger partial charge in [0.2, 0.25) is 11.8 Å². The van der Waals surface area contributed by atoms with Crippen LogP contribution in [0.1, 0.15) is 88.0 Å². The Bertz CT molecular complexity index is 690. The van der Waals surface area contributed by atoms with Crippen LogP contribution in [0, 0.1) is 0 Å². The van der Waals surface area contributed by atoms with Crippen LogP contribution in [0.5, 0.6) is 0 Å². The van der Waals surface area contributed by atoms with Crippen molar-refractivity contribution in [1.82, 2.24) is 15.3 Å². The molecule has 212 valence electrons. The zero-order chi connectivity index (χ0) is 28.7. The van der Waals surface area contributed by atoms with Crippen LogP contribution in [0.4, 0.5) is 0 Å². The van der Waals surface area contributed by atoms with Gasteiger partial charge in [0.05, 0.1) is 0 Å². The highest BCUT2D eigenvalue weighted by molar-refractivity contribution is 9.10. The number of hydrazine groups is 1. The first-order valence-corrected chi connectivity index (χ1v) is 14.3. The minimum atomic E-state index is -0.714. The van der Waals surface area contributed by atoms with Crippen LogP contribution < -0.4 is 5.32 Å². The molecular weight excluding hydrogens is 598 g/mol. The van der Waals surface area contributed by atoms with E-state index in [1.165, 1.54) is 23.9 Å². The molecular formula is C25H47Br2N3O6. The molecule has 2 amide bonds. The molecule has 2 atom stereocenters. The van der Waals surface area contributed by atoms with Crippen LogP contribution in [0.25, 0.3) is 0 Å². The van der Waals surface area contributed by atoms with Crippen molar-refractivity contribution in [2.24, 2.45) is 0 Å². The van der Waals surface area contributed by atoms with Gasteiger partial charge in [-0.25, -0.2) is 9.80 Å². The molecule has 0 aromatic heterocycles. The lowest BCUT2D eigenvalue weighted by Gasteiger charge is -2.42. The number of nitrogens with zero attached hydrogens (tertiary/aromatic N) is 2. The highest BCUT2D eigenvalue weighted by atomic mass is 79.9. The Hall–Kier alpha value is -1.20. The van der Waals surface area contributed by atoms with Gasteiger partial charge >= 0.3 is 11.9 Å². The molecule has 1 rings (SSSR count). The lowest BCUT2D eigenvalue weighted by molar-refractivity contribution is -0.187. The number of carbonyl (C=O) groups excluding carboxylic acids is 4. The molecule has 1 fully saturated rings. The Balaban J connectivity index is 0. The van der Waals surface area contributed by atoms with Gasteiger partial charge in [0.1, 0.15) is 16.0 Å². The van der Waals surface area contributed by atoms with Crippen LogP contribution in [-0.2, 0) is 28.7 Å². The summed E-state index contributed by atoms with van der Waals surface area (Å²) >= 11 is 6.62. The summed E-state index contributed by atoms with van der Waals surface area (Å²) in [7, 11) is 1.93. The number of amides is 2. The van der Waals surface area contributed by atoms with Crippen LogP contribution in [0.15, 0.2) is 0 Å². The highest BCUT2D eigenvalue weighted by Crippen LogP contribution is 2.22. The molecule has 0 bridgehead atoms. The van der Waals surface area contributed by atoms with Crippen LogP contribution in [-0.4, -0.2) is 81.3 Å². The molecule has 0 aromatic carbocycles. The number of nitrogens with one attached hydrogen (secondary N) is 1.